The first-order chi connectivity index (χ1) is 11.5. The van der Waals surface area contributed by atoms with Crippen molar-refractivity contribution in [3.05, 3.63) is 71.8 Å². The van der Waals surface area contributed by atoms with Crippen molar-refractivity contribution in [3.63, 3.8) is 0 Å². The molecule has 5 heteroatoms. The minimum atomic E-state index is -0.620. The summed E-state index contributed by atoms with van der Waals surface area (Å²) in [7, 11) is 0. The molecule has 24 heavy (non-hydrogen) atoms. The van der Waals surface area contributed by atoms with E-state index in [0.29, 0.717) is 33.6 Å². The molecule has 1 aromatic carbocycles. The fraction of sp³-hybridized carbons (Fsp3) is 0.158. The van der Waals surface area contributed by atoms with Crippen LogP contribution in [0.5, 0.6) is 0 Å². The summed E-state index contributed by atoms with van der Waals surface area (Å²) in [5.41, 5.74) is 3.85. The van der Waals surface area contributed by atoms with Gasteiger partial charge in [0.2, 0.25) is 0 Å². The van der Waals surface area contributed by atoms with Crippen molar-refractivity contribution in [1.29, 1.82) is 0 Å². The van der Waals surface area contributed by atoms with Crippen LogP contribution in [0.4, 0.5) is 4.39 Å². The quantitative estimate of drug-likeness (QED) is 0.685. The van der Waals surface area contributed by atoms with E-state index in [2.05, 4.69) is 21.8 Å². The molecule has 0 unspecified atom stereocenters. The fourth-order valence-electron chi connectivity index (χ4n) is 2.92. The largest absolute Gasteiger partial charge is 0.272 e. The summed E-state index contributed by atoms with van der Waals surface area (Å²) in [5.74, 6) is -0.301. The summed E-state index contributed by atoms with van der Waals surface area (Å²) in [4.78, 5) is 9.09. The lowest BCUT2D eigenvalue weighted by molar-refractivity contribution is 0.608. The molecule has 3 aromatic rings. The number of rotatable bonds is 1. The average Bonchev–Trinajstić information content (AvgIpc) is 2.58. The normalized spacial score (nSPS) is 16.0. The van der Waals surface area contributed by atoms with E-state index in [1.807, 2.05) is 38.1 Å². The van der Waals surface area contributed by atoms with E-state index >= 15 is 0 Å². The molecule has 0 aliphatic carbocycles. The number of aromatic nitrogens is 3. The van der Waals surface area contributed by atoms with Gasteiger partial charge in [-0.25, -0.2) is 4.39 Å². The molecule has 0 amide bonds. The monoisotopic (exact) mass is 318 g/mol. The van der Waals surface area contributed by atoms with Crippen LogP contribution in [-0.2, 0) is 0 Å². The van der Waals surface area contributed by atoms with Gasteiger partial charge in [0, 0.05) is 17.3 Å². The highest BCUT2D eigenvalue weighted by Gasteiger charge is 2.33. The summed E-state index contributed by atoms with van der Waals surface area (Å²) in [6, 6.07) is 10.4. The van der Waals surface area contributed by atoms with Gasteiger partial charge in [-0.1, -0.05) is 18.7 Å². The predicted octanol–water partition coefficient (Wildman–Crippen LogP) is 3.81. The highest BCUT2D eigenvalue weighted by Crippen LogP contribution is 2.38. The van der Waals surface area contributed by atoms with Crippen molar-refractivity contribution >= 4 is 22.3 Å². The summed E-state index contributed by atoms with van der Waals surface area (Å²) >= 11 is 0. The Bertz CT molecular complexity index is 1020. The smallest absolute Gasteiger partial charge is 0.131 e. The molecule has 1 aliphatic rings. The minimum Gasteiger partial charge on any atom is -0.272 e. The zero-order chi connectivity index (χ0) is 16.9. The standard InChI is InChI=1S/C19H15FN4/c1-11-17-12(6-4-7-13(17)20)18(22-19(11,2)3)16-10-15-14(23-24-16)8-5-9-21-15/h4-10H,1H2,2-3H3. The van der Waals surface area contributed by atoms with Crippen LogP contribution in [-0.4, -0.2) is 26.4 Å². The number of fused-ring (bicyclic) bond motifs is 2. The summed E-state index contributed by atoms with van der Waals surface area (Å²) < 4.78 is 14.4. The Hall–Kier alpha value is -2.95. The molecule has 3 heterocycles. The van der Waals surface area contributed by atoms with Gasteiger partial charge in [-0.15, -0.1) is 10.2 Å². The van der Waals surface area contributed by atoms with Gasteiger partial charge in [0.1, 0.15) is 17.0 Å². The Labute approximate surface area is 138 Å². The Morgan fingerprint density at radius 1 is 1.04 bits per heavy atom. The van der Waals surface area contributed by atoms with Crippen LogP contribution in [0, 0.1) is 5.82 Å². The number of aliphatic imine (C=N–C) groups is 1. The minimum absolute atomic E-state index is 0.301. The van der Waals surface area contributed by atoms with E-state index in [0.717, 1.165) is 5.52 Å². The van der Waals surface area contributed by atoms with Crippen molar-refractivity contribution < 1.29 is 4.39 Å². The highest BCUT2D eigenvalue weighted by atomic mass is 19.1. The molecule has 0 atom stereocenters. The third kappa shape index (κ3) is 2.12. The van der Waals surface area contributed by atoms with Crippen LogP contribution in [0.25, 0.3) is 16.6 Å². The van der Waals surface area contributed by atoms with Crippen molar-refractivity contribution in [3.8, 4) is 0 Å². The summed E-state index contributed by atoms with van der Waals surface area (Å²) in [6.45, 7) is 7.88. The third-order valence-electron chi connectivity index (χ3n) is 4.30. The Morgan fingerprint density at radius 3 is 2.71 bits per heavy atom. The van der Waals surface area contributed by atoms with Gasteiger partial charge in [0.25, 0.3) is 0 Å². The number of hydrogen-bond donors (Lipinski definition) is 0. The topological polar surface area (TPSA) is 51.0 Å². The first-order valence-corrected chi connectivity index (χ1v) is 7.65. The molecule has 2 aromatic heterocycles. The summed E-state index contributed by atoms with van der Waals surface area (Å²) in [5, 5.41) is 8.49. The van der Waals surface area contributed by atoms with E-state index in [4.69, 9.17) is 4.99 Å². The molecule has 0 spiro atoms. The Kier molecular flexibility index (Phi) is 3.06. The molecule has 0 fully saturated rings. The number of benzene rings is 1. The lowest BCUT2D eigenvalue weighted by Crippen LogP contribution is -2.29. The Morgan fingerprint density at radius 2 is 1.88 bits per heavy atom. The molecule has 1 aliphatic heterocycles. The van der Waals surface area contributed by atoms with E-state index in [9.17, 15) is 4.39 Å². The van der Waals surface area contributed by atoms with Crippen LogP contribution in [0.1, 0.15) is 30.7 Å². The van der Waals surface area contributed by atoms with Crippen LogP contribution < -0.4 is 0 Å². The zero-order valence-corrected chi connectivity index (χ0v) is 13.4. The maximum Gasteiger partial charge on any atom is 0.131 e. The second-order valence-electron chi connectivity index (χ2n) is 6.30. The van der Waals surface area contributed by atoms with Crippen LogP contribution >= 0.6 is 0 Å². The number of pyridine rings is 1. The van der Waals surface area contributed by atoms with Gasteiger partial charge < -0.3 is 0 Å². The average molecular weight is 318 g/mol. The predicted molar refractivity (Wildman–Crippen MR) is 92.5 cm³/mol. The van der Waals surface area contributed by atoms with Gasteiger partial charge in [0.05, 0.1) is 16.8 Å². The van der Waals surface area contributed by atoms with Crippen LogP contribution in [0.15, 0.2) is 54.2 Å². The molecule has 4 nitrogen and oxygen atoms in total. The van der Waals surface area contributed by atoms with E-state index < -0.39 is 5.54 Å². The fourth-order valence-corrected chi connectivity index (χ4v) is 2.92. The lowest BCUT2D eigenvalue weighted by Gasteiger charge is -2.31. The summed E-state index contributed by atoms with van der Waals surface area (Å²) in [6.07, 6.45) is 1.70. The first-order valence-electron chi connectivity index (χ1n) is 7.65. The first kappa shape index (κ1) is 14.6. The van der Waals surface area contributed by atoms with Gasteiger partial charge >= 0.3 is 0 Å². The van der Waals surface area contributed by atoms with Crippen molar-refractivity contribution in [2.45, 2.75) is 19.4 Å². The Balaban J connectivity index is 1.99. The highest BCUT2D eigenvalue weighted by molar-refractivity contribution is 6.17. The molecule has 118 valence electrons. The van der Waals surface area contributed by atoms with Gasteiger partial charge in [0.15, 0.2) is 0 Å². The van der Waals surface area contributed by atoms with Gasteiger partial charge in [-0.2, -0.15) is 0 Å². The molecule has 0 radical (unpaired) electrons. The third-order valence-corrected chi connectivity index (χ3v) is 4.30. The molecular formula is C19H15FN4. The second kappa shape index (κ2) is 5.03. The van der Waals surface area contributed by atoms with E-state index in [1.165, 1.54) is 6.07 Å². The molecular weight excluding hydrogens is 303 g/mol. The van der Waals surface area contributed by atoms with Crippen LogP contribution in [0.3, 0.4) is 0 Å². The van der Waals surface area contributed by atoms with E-state index in [-0.39, 0.29) is 5.82 Å². The van der Waals surface area contributed by atoms with E-state index in [1.54, 1.807) is 12.3 Å². The number of hydrogen-bond acceptors (Lipinski definition) is 4. The van der Waals surface area contributed by atoms with Crippen LogP contribution in [0.2, 0.25) is 0 Å². The maximum atomic E-state index is 14.4. The van der Waals surface area contributed by atoms with Crippen molar-refractivity contribution in [2.75, 3.05) is 0 Å². The molecule has 4 rings (SSSR count). The molecule has 0 N–H and O–H groups in total. The van der Waals surface area contributed by atoms with Crippen molar-refractivity contribution in [2.24, 2.45) is 4.99 Å². The van der Waals surface area contributed by atoms with Gasteiger partial charge in [-0.3, -0.25) is 9.98 Å². The number of halogens is 1. The van der Waals surface area contributed by atoms with Crippen molar-refractivity contribution in [1.82, 2.24) is 15.2 Å². The number of nitrogens with zero attached hydrogens (tertiary/aromatic N) is 4. The molecule has 0 bridgehead atoms. The van der Waals surface area contributed by atoms with Gasteiger partial charge in [-0.05, 0) is 43.7 Å². The zero-order valence-electron chi connectivity index (χ0n) is 13.4. The SMILES string of the molecule is C=C1c2c(F)cccc2C(c2cc3ncccc3nn2)=NC1(C)C. The lowest BCUT2D eigenvalue weighted by atomic mass is 9.82. The second-order valence-corrected chi connectivity index (χ2v) is 6.30. The molecule has 0 saturated heterocycles. The maximum absolute atomic E-state index is 14.4. The molecule has 0 saturated carbocycles.